The molecule has 0 bridgehead atoms. The molecule has 3 heterocycles. The quantitative estimate of drug-likeness (QED) is 0.517. The van der Waals surface area contributed by atoms with Crippen LogP contribution in [0.2, 0.25) is 0 Å². The first-order valence-corrected chi connectivity index (χ1v) is 9.36. The smallest absolute Gasteiger partial charge is 0.261 e. The lowest BCUT2D eigenvalue weighted by atomic mass is 10.1. The summed E-state index contributed by atoms with van der Waals surface area (Å²) in [5.41, 5.74) is 5.44. The Bertz CT molecular complexity index is 1120. The first-order valence-electron chi connectivity index (χ1n) is 9.36. The second-order valence-corrected chi connectivity index (χ2v) is 7.38. The Hall–Kier alpha value is -3.39. The van der Waals surface area contributed by atoms with E-state index in [2.05, 4.69) is 42.2 Å². The van der Waals surface area contributed by atoms with Gasteiger partial charge in [0.05, 0.1) is 11.3 Å². The molecule has 0 radical (unpaired) electrons. The Morgan fingerprint density at radius 2 is 1.66 bits per heavy atom. The SMILES string of the molecule is Cc1cc(C)nc(-n2cc(-c3nc(-c4ccc(CN(C)C)cc4)no3)c(C)n2)n1. The van der Waals surface area contributed by atoms with Crippen molar-refractivity contribution >= 4 is 0 Å². The van der Waals surface area contributed by atoms with E-state index >= 15 is 0 Å². The average Bonchev–Trinajstić information content (AvgIpc) is 3.28. The van der Waals surface area contributed by atoms with Gasteiger partial charge in [-0.2, -0.15) is 10.1 Å². The van der Waals surface area contributed by atoms with Gasteiger partial charge in [-0.3, -0.25) is 0 Å². The molecule has 0 N–H and O–H groups in total. The number of rotatable bonds is 5. The summed E-state index contributed by atoms with van der Waals surface area (Å²) in [5.74, 6) is 1.49. The maximum atomic E-state index is 5.51. The number of hydrogen-bond donors (Lipinski definition) is 0. The average molecular weight is 389 g/mol. The van der Waals surface area contributed by atoms with E-state index in [1.807, 2.05) is 59.3 Å². The summed E-state index contributed by atoms with van der Waals surface area (Å²) in [7, 11) is 4.09. The van der Waals surface area contributed by atoms with E-state index in [1.165, 1.54) is 5.56 Å². The molecule has 8 nitrogen and oxygen atoms in total. The predicted octanol–water partition coefficient (Wildman–Crippen LogP) is 3.37. The molecule has 0 atom stereocenters. The Kier molecular flexibility index (Phi) is 4.94. The Morgan fingerprint density at radius 1 is 0.966 bits per heavy atom. The molecule has 8 heteroatoms. The molecule has 0 spiro atoms. The molecule has 148 valence electrons. The molecule has 4 rings (SSSR count). The first kappa shape index (κ1) is 18.9. The van der Waals surface area contributed by atoms with E-state index in [0.717, 1.165) is 34.8 Å². The first-order chi connectivity index (χ1) is 13.9. The van der Waals surface area contributed by atoms with Gasteiger partial charge in [0.1, 0.15) is 0 Å². The minimum atomic E-state index is 0.422. The molecule has 0 aliphatic heterocycles. The molecule has 0 saturated carbocycles. The van der Waals surface area contributed by atoms with Crippen LogP contribution in [-0.2, 0) is 6.54 Å². The second kappa shape index (κ2) is 7.56. The number of benzene rings is 1. The van der Waals surface area contributed by atoms with Crippen molar-refractivity contribution in [3.8, 4) is 28.8 Å². The van der Waals surface area contributed by atoms with Crippen molar-refractivity contribution < 1.29 is 4.52 Å². The molecule has 4 aromatic rings. The van der Waals surface area contributed by atoms with E-state index in [-0.39, 0.29) is 0 Å². The fourth-order valence-corrected chi connectivity index (χ4v) is 3.16. The van der Waals surface area contributed by atoms with Gasteiger partial charge in [0.2, 0.25) is 5.82 Å². The molecule has 1 aromatic carbocycles. The molecule has 3 aromatic heterocycles. The fourth-order valence-electron chi connectivity index (χ4n) is 3.16. The molecular weight excluding hydrogens is 366 g/mol. The van der Waals surface area contributed by atoms with Crippen molar-refractivity contribution in [3.63, 3.8) is 0 Å². The summed E-state index contributed by atoms with van der Waals surface area (Å²) >= 11 is 0. The molecule has 0 amide bonds. The third-order valence-corrected chi connectivity index (χ3v) is 4.44. The maximum absolute atomic E-state index is 5.51. The van der Waals surface area contributed by atoms with Crippen molar-refractivity contribution in [3.05, 3.63) is 59.2 Å². The number of nitrogens with zero attached hydrogens (tertiary/aromatic N) is 7. The molecule has 0 aliphatic carbocycles. The van der Waals surface area contributed by atoms with Crippen molar-refractivity contribution in [1.82, 2.24) is 34.8 Å². The van der Waals surface area contributed by atoms with Gasteiger partial charge in [-0.05, 0) is 46.5 Å². The van der Waals surface area contributed by atoms with Gasteiger partial charge in [0.25, 0.3) is 11.8 Å². The lowest BCUT2D eigenvalue weighted by molar-refractivity contribution is 0.402. The third kappa shape index (κ3) is 4.07. The van der Waals surface area contributed by atoms with E-state index in [0.29, 0.717) is 17.7 Å². The normalized spacial score (nSPS) is 11.4. The van der Waals surface area contributed by atoms with Gasteiger partial charge in [0.15, 0.2) is 0 Å². The van der Waals surface area contributed by atoms with Gasteiger partial charge < -0.3 is 9.42 Å². The van der Waals surface area contributed by atoms with Crippen molar-refractivity contribution in [2.45, 2.75) is 27.3 Å². The minimum Gasteiger partial charge on any atom is -0.333 e. The Labute approximate surface area is 169 Å². The van der Waals surface area contributed by atoms with Crippen molar-refractivity contribution in [2.24, 2.45) is 0 Å². The van der Waals surface area contributed by atoms with Gasteiger partial charge in [-0.15, -0.1) is 0 Å². The standard InChI is InChI=1S/C21H23N7O/c1-13-10-14(2)23-21(22-13)28-12-18(15(3)25-28)20-24-19(26-29-20)17-8-6-16(7-9-17)11-27(4)5/h6-10,12H,11H2,1-5H3. The van der Waals surface area contributed by atoms with Crippen LogP contribution < -0.4 is 0 Å². The number of aromatic nitrogens is 6. The second-order valence-electron chi connectivity index (χ2n) is 7.38. The van der Waals surface area contributed by atoms with Crippen LogP contribution >= 0.6 is 0 Å². The summed E-state index contributed by atoms with van der Waals surface area (Å²) in [6, 6.07) is 10.1. The minimum absolute atomic E-state index is 0.422. The highest BCUT2D eigenvalue weighted by Crippen LogP contribution is 2.25. The summed E-state index contributed by atoms with van der Waals surface area (Å²) in [6.45, 7) is 6.65. The number of hydrogen-bond acceptors (Lipinski definition) is 7. The molecular formula is C21H23N7O. The van der Waals surface area contributed by atoms with Gasteiger partial charge >= 0.3 is 0 Å². The van der Waals surface area contributed by atoms with Crippen LogP contribution in [0.4, 0.5) is 0 Å². The molecule has 0 saturated heterocycles. The van der Waals surface area contributed by atoms with E-state index in [4.69, 9.17) is 4.52 Å². The van der Waals surface area contributed by atoms with Crippen LogP contribution in [0.15, 0.2) is 41.1 Å². The highest BCUT2D eigenvalue weighted by Gasteiger charge is 2.17. The summed E-state index contributed by atoms with van der Waals surface area (Å²) < 4.78 is 7.16. The topological polar surface area (TPSA) is 85.8 Å². The molecule has 29 heavy (non-hydrogen) atoms. The fraction of sp³-hybridized carbons (Fsp3) is 0.286. The van der Waals surface area contributed by atoms with Crippen LogP contribution in [0.3, 0.4) is 0 Å². The molecule has 0 unspecified atom stereocenters. The lowest BCUT2D eigenvalue weighted by Gasteiger charge is -2.09. The van der Waals surface area contributed by atoms with Gasteiger partial charge in [-0.1, -0.05) is 29.4 Å². The molecule has 0 aliphatic rings. The lowest BCUT2D eigenvalue weighted by Crippen LogP contribution is -2.10. The largest absolute Gasteiger partial charge is 0.333 e. The summed E-state index contributed by atoms with van der Waals surface area (Å²) in [4.78, 5) is 15.6. The number of aryl methyl sites for hydroxylation is 3. The zero-order valence-electron chi connectivity index (χ0n) is 17.2. The van der Waals surface area contributed by atoms with Crippen LogP contribution in [0, 0.1) is 20.8 Å². The van der Waals surface area contributed by atoms with E-state index in [9.17, 15) is 0 Å². The zero-order chi connectivity index (χ0) is 20.5. The van der Waals surface area contributed by atoms with Gasteiger partial charge in [-0.25, -0.2) is 14.6 Å². The van der Waals surface area contributed by atoms with Crippen LogP contribution in [0.25, 0.3) is 28.8 Å². The van der Waals surface area contributed by atoms with Crippen molar-refractivity contribution in [2.75, 3.05) is 14.1 Å². The van der Waals surface area contributed by atoms with E-state index in [1.54, 1.807) is 4.68 Å². The Balaban J connectivity index is 1.62. The van der Waals surface area contributed by atoms with Crippen LogP contribution in [-0.4, -0.2) is 48.9 Å². The van der Waals surface area contributed by atoms with Crippen LogP contribution in [0.5, 0.6) is 0 Å². The molecule has 0 fully saturated rings. The predicted molar refractivity (Wildman–Crippen MR) is 109 cm³/mol. The summed E-state index contributed by atoms with van der Waals surface area (Å²) in [6.07, 6.45) is 1.82. The highest BCUT2D eigenvalue weighted by atomic mass is 16.5. The monoisotopic (exact) mass is 389 g/mol. The van der Waals surface area contributed by atoms with Crippen LogP contribution in [0.1, 0.15) is 22.6 Å². The maximum Gasteiger partial charge on any atom is 0.261 e. The highest BCUT2D eigenvalue weighted by molar-refractivity contribution is 5.61. The van der Waals surface area contributed by atoms with Crippen molar-refractivity contribution in [1.29, 1.82) is 0 Å². The third-order valence-electron chi connectivity index (χ3n) is 4.44. The van der Waals surface area contributed by atoms with Gasteiger partial charge in [0, 0.05) is 29.7 Å². The summed E-state index contributed by atoms with van der Waals surface area (Å²) in [5, 5.41) is 8.66. The zero-order valence-corrected chi connectivity index (χ0v) is 17.2. The van der Waals surface area contributed by atoms with E-state index < -0.39 is 0 Å². The Morgan fingerprint density at radius 3 is 2.31 bits per heavy atom.